The first-order valence-electron chi connectivity index (χ1n) is 3.19. The molecule has 2 rings (SSSR count). The third-order valence-electron chi connectivity index (χ3n) is 1.55. The molecule has 0 aliphatic carbocycles. The topological polar surface area (TPSA) is 41.8 Å². The number of anilines is 1. The van der Waals surface area contributed by atoms with Crippen LogP contribution in [0.4, 0.5) is 5.82 Å². The Kier molecular flexibility index (Phi) is 3.93. The van der Waals surface area contributed by atoms with Gasteiger partial charge in [-0.15, -0.1) is 24.8 Å². The van der Waals surface area contributed by atoms with Crippen LogP contribution in [0.2, 0.25) is 0 Å². The molecule has 0 saturated carbocycles. The van der Waals surface area contributed by atoms with E-state index in [2.05, 4.69) is 4.98 Å². The van der Waals surface area contributed by atoms with Gasteiger partial charge >= 0.3 is 0 Å². The predicted octanol–water partition coefficient (Wildman–Crippen LogP) is 2.59. The summed E-state index contributed by atoms with van der Waals surface area (Å²) in [7, 11) is 0. The van der Waals surface area contributed by atoms with Crippen molar-refractivity contribution >= 4 is 41.5 Å². The van der Waals surface area contributed by atoms with Gasteiger partial charge in [-0.1, -0.05) is 18.2 Å². The van der Waals surface area contributed by atoms with E-state index < -0.39 is 0 Å². The minimum atomic E-state index is 0. The maximum Gasteiger partial charge on any atom is 0.101 e. The largest absolute Gasteiger partial charge is 0.385 e. The van der Waals surface area contributed by atoms with Crippen molar-refractivity contribution in [3.05, 3.63) is 30.3 Å². The van der Waals surface area contributed by atoms with Gasteiger partial charge in [-0.05, 0) is 12.1 Å². The van der Waals surface area contributed by atoms with Crippen LogP contribution in [0.15, 0.2) is 30.3 Å². The minimum Gasteiger partial charge on any atom is -0.385 e. The number of benzene rings is 1. The monoisotopic (exact) mass is 204 g/mol. The number of hydrogen-bond donors (Lipinski definition) is 2. The van der Waals surface area contributed by atoms with Gasteiger partial charge in [0, 0.05) is 10.9 Å². The summed E-state index contributed by atoms with van der Waals surface area (Å²) in [6.07, 6.45) is 0. The number of rotatable bonds is 0. The average molecular weight is 205 g/mol. The van der Waals surface area contributed by atoms with E-state index >= 15 is 0 Å². The average Bonchev–Trinajstić information content (AvgIpc) is 2.27. The second-order valence-electron chi connectivity index (χ2n) is 2.31. The highest BCUT2D eigenvalue weighted by Gasteiger charge is 1.92. The maximum atomic E-state index is 5.54. The molecule has 0 amide bonds. The molecular formula is C8H10Cl2N2. The predicted molar refractivity (Wildman–Crippen MR) is 57.2 cm³/mol. The SMILES string of the molecule is Cl.Cl.Nc1cc2ccccc2[nH]1. The number of para-hydroxylation sites is 1. The molecule has 1 aromatic heterocycles. The van der Waals surface area contributed by atoms with Crippen LogP contribution in [0.3, 0.4) is 0 Å². The van der Waals surface area contributed by atoms with Crippen LogP contribution in [-0.4, -0.2) is 4.98 Å². The first kappa shape index (κ1) is 11.1. The van der Waals surface area contributed by atoms with E-state index in [1.165, 1.54) is 5.39 Å². The van der Waals surface area contributed by atoms with E-state index in [0.717, 1.165) is 11.3 Å². The molecule has 2 aromatic rings. The Morgan fingerprint density at radius 3 is 2.42 bits per heavy atom. The number of aromatic nitrogens is 1. The lowest BCUT2D eigenvalue weighted by molar-refractivity contribution is 1.47. The molecule has 0 aliphatic rings. The van der Waals surface area contributed by atoms with Crippen molar-refractivity contribution in [2.24, 2.45) is 0 Å². The molecule has 1 heterocycles. The molecule has 66 valence electrons. The van der Waals surface area contributed by atoms with Crippen molar-refractivity contribution in [1.82, 2.24) is 4.98 Å². The standard InChI is InChI=1S/C8H8N2.2ClH/c9-8-5-6-3-1-2-4-7(6)10-8;;/h1-5,10H,9H2;2*1H. The van der Waals surface area contributed by atoms with Crippen LogP contribution in [0.5, 0.6) is 0 Å². The van der Waals surface area contributed by atoms with Crippen LogP contribution >= 0.6 is 24.8 Å². The zero-order valence-electron chi connectivity index (χ0n) is 6.28. The molecule has 0 bridgehead atoms. The summed E-state index contributed by atoms with van der Waals surface area (Å²) < 4.78 is 0. The number of nitrogens with one attached hydrogen (secondary N) is 1. The van der Waals surface area contributed by atoms with E-state index in [-0.39, 0.29) is 24.8 Å². The smallest absolute Gasteiger partial charge is 0.101 e. The number of nitrogens with two attached hydrogens (primary N) is 1. The molecule has 0 radical (unpaired) electrons. The Labute approximate surface area is 83.0 Å². The molecule has 4 heteroatoms. The van der Waals surface area contributed by atoms with E-state index in [1.54, 1.807) is 0 Å². The molecule has 1 aromatic carbocycles. The van der Waals surface area contributed by atoms with E-state index in [9.17, 15) is 0 Å². The molecule has 0 saturated heterocycles. The normalized spacial score (nSPS) is 8.67. The zero-order chi connectivity index (χ0) is 6.97. The Hall–Kier alpha value is -0.860. The second kappa shape index (κ2) is 4.24. The van der Waals surface area contributed by atoms with Gasteiger partial charge in [-0.25, -0.2) is 0 Å². The molecular weight excluding hydrogens is 195 g/mol. The first-order chi connectivity index (χ1) is 4.86. The highest BCUT2D eigenvalue weighted by atomic mass is 35.5. The van der Waals surface area contributed by atoms with Crippen molar-refractivity contribution in [2.75, 3.05) is 5.73 Å². The molecule has 0 atom stereocenters. The molecule has 0 fully saturated rings. The van der Waals surface area contributed by atoms with Gasteiger partial charge in [0.25, 0.3) is 0 Å². The van der Waals surface area contributed by atoms with E-state index in [1.807, 2.05) is 30.3 Å². The fraction of sp³-hybridized carbons (Fsp3) is 0. The van der Waals surface area contributed by atoms with Gasteiger partial charge in [0.2, 0.25) is 0 Å². The summed E-state index contributed by atoms with van der Waals surface area (Å²) in [6.45, 7) is 0. The Morgan fingerprint density at radius 2 is 1.75 bits per heavy atom. The lowest BCUT2D eigenvalue weighted by Gasteiger charge is -1.83. The third-order valence-corrected chi connectivity index (χ3v) is 1.55. The summed E-state index contributed by atoms with van der Waals surface area (Å²) >= 11 is 0. The highest BCUT2D eigenvalue weighted by molar-refractivity contribution is 5.85. The second-order valence-corrected chi connectivity index (χ2v) is 2.31. The fourth-order valence-corrected chi connectivity index (χ4v) is 1.10. The number of halogens is 2. The quantitative estimate of drug-likeness (QED) is 0.681. The molecule has 0 aliphatic heterocycles. The third kappa shape index (κ3) is 1.84. The number of fused-ring (bicyclic) bond motifs is 1. The van der Waals surface area contributed by atoms with Crippen LogP contribution < -0.4 is 5.73 Å². The lowest BCUT2D eigenvalue weighted by Crippen LogP contribution is -1.80. The van der Waals surface area contributed by atoms with Gasteiger partial charge in [0.15, 0.2) is 0 Å². The number of nitrogen functional groups attached to an aromatic ring is 1. The van der Waals surface area contributed by atoms with Gasteiger partial charge in [-0.3, -0.25) is 0 Å². The van der Waals surface area contributed by atoms with Crippen LogP contribution in [0, 0.1) is 0 Å². The number of hydrogen-bond acceptors (Lipinski definition) is 1. The van der Waals surface area contributed by atoms with Crippen molar-refractivity contribution in [3.8, 4) is 0 Å². The molecule has 2 nitrogen and oxygen atoms in total. The van der Waals surface area contributed by atoms with Crippen LogP contribution in [0.1, 0.15) is 0 Å². The van der Waals surface area contributed by atoms with Crippen molar-refractivity contribution < 1.29 is 0 Å². The van der Waals surface area contributed by atoms with E-state index in [0.29, 0.717) is 0 Å². The van der Waals surface area contributed by atoms with Gasteiger partial charge < -0.3 is 10.7 Å². The van der Waals surface area contributed by atoms with Crippen molar-refractivity contribution in [2.45, 2.75) is 0 Å². The zero-order valence-corrected chi connectivity index (χ0v) is 7.91. The van der Waals surface area contributed by atoms with Crippen LogP contribution in [0.25, 0.3) is 10.9 Å². The number of H-pyrrole nitrogens is 1. The Bertz CT molecular complexity index is 324. The summed E-state index contributed by atoms with van der Waals surface area (Å²) in [4.78, 5) is 3.04. The van der Waals surface area contributed by atoms with Gasteiger partial charge in [0.1, 0.15) is 5.82 Å². The summed E-state index contributed by atoms with van der Waals surface area (Å²) in [5, 5.41) is 1.17. The Morgan fingerprint density at radius 1 is 1.08 bits per heavy atom. The molecule has 3 N–H and O–H groups in total. The maximum absolute atomic E-state index is 5.54. The summed E-state index contributed by atoms with van der Waals surface area (Å²) in [5.41, 5.74) is 6.63. The van der Waals surface area contributed by atoms with Crippen molar-refractivity contribution in [1.29, 1.82) is 0 Å². The fourth-order valence-electron chi connectivity index (χ4n) is 1.10. The van der Waals surface area contributed by atoms with Gasteiger partial charge in [-0.2, -0.15) is 0 Å². The summed E-state index contributed by atoms with van der Waals surface area (Å²) in [6, 6.07) is 9.94. The minimum absolute atomic E-state index is 0. The van der Waals surface area contributed by atoms with Gasteiger partial charge in [0.05, 0.1) is 0 Å². The van der Waals surface area contributed by atoms with Crippen LogP contribution in [-0.2, 0) is 0 Å². The molecule has 0 spiro atoms. The highest BCUT2D eigenvalue weighted by Crippen LogP contribution is 2.14. The Balaban J connectivity index is 0.000000605. The summed E-state index contributed by atoms with van der Waals surface area (Å²) in [5.74, 6) is 0.723. The lowest BCUT2D eigenvalue weighted by atomic mass is 10.3. The molecule has 0 unspecified atom stereocenters. The first-order valence-corrected chi connectivity index (χ1v) is 3.19. The van der Waals surface area contributed by atoms with Crippen molar-refractivity contribution in [3.63, 3.8) is 0 Å². The van der Waals surface area contributed by atoms with E-state index in [4.69, 9.17) is 5.73 Å². The number of aromatic amines is 1. The molecule has 12 heavy (non-hydrogen) atoms.